The number of nitrogens with one attached hydrogen (secondary N) is 2. The van der Waals surface area contributed by atoms with Crippen molar-refractivity contribution in [3.63, 3.8) is 0 Å². The highest BCUT2D eigenvalue weighted by Gasteiger charge is 2.27. The van der Waals surface area contributed by atoms with Gasteiger partial charge in [0.05, 0.1) is 18.9 Å². The molecule has 1 atom stereocenters. The van der Waals surface area contributed by atoms with Crippen molar-refractivity contribution in [1.29, 1.82) is 0 Å². The van der Waals surface area contributed by atoms with Crippen molar-refractivity contribution < 1.29 is 19.1 Å². The molecule has 0 saturated carbocycles. The molecule has 2 saturated heterocycles. The number of piperidine rings is 2. The average molecular weight is 365 g/mol. The summed E-state index contributed by atoms with van der Waals surface area (Å²) in [5.41, 5.74) is 0. The van der Waals surface area contributed by atoms with Gasteiger partial charge in [0.25, 0.3) is 0 Å². The molecule has 0 radical (unpaired) electrons. The van der Waals surface area contributed by atoms with Gasteiger partial charge in [0.15, 0.2) is 0 Å². The van der Waals surface area contributed by atoms with Crippen molar-refractivity contribution in [2.24, 2.45) is 11.8 Å². The second kappa shape index (κ2) is 11.0. The molecule has 2 N–H and O–H groups in total. The van der Waals surface area contributed by atoms with Crippen LogP contribution in [0.25, 0.3) is 0 Å². The van der Waals surface area contributed by atoms with Crippen LogP contribution in [0.3, 0.4) is 0 Å². The van der Waals surface area contributed by atoms with E-state index in [9.17, 15) is 14.4 Å². The summed E-state index contributed by atoms with van der Waals surface area (Å²) in [5, 5.41) is 6.09. The Balaban J connectivity index is 1.74. The Bertz CT molecular complexity index is 515. The summed E-state index contributed by atoms with van der Waals surface area (Å²) in [6.07, 6.45) is 7.59. The molecule has 2 aliphatic heterocycles. The van der Waals surface area contributed by atoms with Gasteiger partial charge in [0.1, 0.15) is 0 Å². The normalized spacial score (nSPS) is 21.6. The minimum Gasteiger partial charge on any atom is -0.466 e. The fourth-order valence-electron chi connectivity index (χ4n) is 3.42. The van der Waals surface area contributed by atoms with Crippen LogP contribution < -0.4 is 10.6 Å². The quantitative estimate of drug-likeness (QED) is 0.516. The molecule has 2 rings (SSSR count). The van der Waals surface area contributed by atoms with Gasteiger partial charge in [0.2, 0.25) is 11.8 Å². The highest BCUT2D eigenvalue weighted by atomic mass is 16.5. The standard InChI is InChI=1S/C19H31N3O4/c1-2-26-18(24)9-12-21-19(25)16-4-3-13-22(14-16)17(23)6-5-15-7-10-20-11-8-15/h5-6,15-16,20H,2-4,7-14H2,1H3,(H,21,25)/b6-5+/t16-/m1/s1. The van der Waals surface area contributed by atoms with Crippen LogP contribution >= 0.6 is 0 Å². The van der Waals surface area contributed by atoms with Crippen LogP contribution in [0.5, 0.6) is 0 Å². The van der Waals surface area contributed by atoms with Crippen molar-refractivity contribution in [3.05, 3.63) is 12.2 Å². The molecule has 0 aromatic rings. The number of hydrogen-bond acceptors (Lipinski definition) is 5. The Morgan fingerprint density at radius 3 is 2.73 bits per heavy atom. The van der Waals surface area contributed by atoms with E-state index in [1.54, 1.807) is 17.9 Å². The van der Waals surface area contributed by atoms with Crippen LogP contribution in [0, 0.1) is 11.8 Å². The lowest BCUT2D eigenvalue weighted by molar-refractivity contribution is -0.143. The maximum absolute atomic E-state index is 12.4. The second-order valence-electron chi connectivity index (χ2n) is 6.92. The molecule has 0 unspecified atom stereocenters. The summed E-state index contributed by atoms with van der Waals surface area (Å²) in [6, 6.07) is 0. The molecule has 2 aliphatic rings. The molecule has 0 aliphatic carbocycles. The maximum atomic E-state index is 12.4. The molecule has 0 aromatic heterocycles. The van der Waals surface area contributed by atoms with E-state index in [0.29, 0.717) is 25.6 Å². The highest BCUT2D eigenvalue weighted by Crippen LogP contribution is 2.18. The molecule has 26 heavy (non-hydrogen) atoms. The van der Waals surface area contributed by atoms with Crippen LogP contribution in [0.2, 0.25) is 0 Å². The molecular weight excluding hydrogens is 334 g/mol. The summed E-state index contributed by atoms with van der Waals surface area (Å²) in [6.45, 7) is 5.52. The lowest BCUT2D eigenvalue weighted by Crippen LogP contribution is -2.45. The number of carbonyl (C=O) groups excluding carboxylic acids is 3. The van der Waals surface area contributed by atoms with Crippen LogP contribution in [0.15, 0.2) is 12.2 Å². The Hall–Kier alpha value is -1.89. The lowest BCUT2D eigenvalue weighted by atomic mass is 9.96. The Kier molecular flexibility index (Phi) is 8.61. The molecule has 146 valence electrons. The largest absolute Gasteiger partial charge is 0.466 e. The number of esters is 1. The molecule has 0 bridgehead atoms. The molecule has 2 fully saturated rings. The van der Waals surface area contributed by atoms with Gasteiger partial charge in [-0.15, -0.1) is 0 Å². The molecule has 0 spiro atoms. The maximum Gasteiger partial charge on any atom is 0.307 e. The van der Waals surface area contributed by atoms with Gasteiger partial charge in [-0.1, -0.05) is 6.08 Å². The molecule has 2 amide bonds. The lowest BCUT2D eigenvalue weighted by Gasteiger charge is -2.31. The summed E-state index contributed by atoms with van der Waals surface area (Å²) in [7, 11) is 0. The second-order valence-corrected chi connectivity index (χ2v) is 6.92. The third-order valence-electron chi connectivity index (χ3n) is 4.93. The van der Waals surface area contributed by atoms with E-state index in [1.165, 1.54) is 0 Å². The fourth-order valence-corrected chi connectivity index (χ4v) is 3.42. The van der Waals surface area contributed by atoms with Crippen LogP contribution in [-0.2, 0) is 19.1 Å². The third-order valence-corrected chi connectivity index (χ3v) is 4.93. The number of ether oxygens (including phenoxy) is 1. The number of hydrogen-bond donors (Lipinski definition) is 2. The van der Waals surface area contributed by atoms with Gasteiger partial charge in [-0.2, -0.15) is 0 Å². The topological polar surface area (TPSA) is 87.7 Å². The molecular formula is C19H31N3O4. The Morgan fingerprint density at radius 1 is 1.23 bits per heavy atom. The van der Waals surface area contributed by atoms with Gasteiger partial charge in [0, 0.05) is 19.6 Å². The van der Waals surface area contributed by atoms with E-state index in [1.807, 2.05) is 6.08 Å². The van der Waals surface area contributed by atoms with Gasteiger partial charge >= 0.3 is 5.97 Å². The minimum absolute atomic E-state index is 0.00689. The van der Waals surface area contributed by atoms with E-state index in [0.717, 1.165) is 38.8 Å². The zero-order valence-corrected chi connectivity index (χ0v) is 15.7. The number of amides is 2. The Labute approximate surface area is 155 Å². The first kappa shape index (κ1) is 20.4. The van der Waals surface area contributed by atoms with Crippen molar-refractivity contribution >= 4 is 17.8 Å². The van der Waals surface area contributed by atoms with Crippen molar-refractivity contribution in [1.82, 2.24) is 15.5 Å². The summed E-state index contributed by atoms with van der Waals surface area (Å²) < 4.78 is 4.84. The molecule has 7 nitrogen and oxygen atoms in total. The number of rotatable bonds is 7. The predicted molar refractivity (Wildman–Crippen MR) is 98.3 cm³/mol. The molecule has 0 aromatic carbocycles. The monoisotopic (exact) mass is 365 g/mol. The van der Waals surface area contributed by atoms with Gasteiger partial charge in [-0.05, 0) is 57.7 Å². The summed E-state index contributed by atoms with van der Waals surface area (Å²) in [5.74, 6) is -0.146. The van der Waals surface area contributed by atoms with Crippen LogP contribution in [0.4, 0.5) is 0 Å². The smallest absolute Gasteiger partial charge is 0.307 e. The van der Waals surface area contributed by atoms with Gasteiger partial charge in [-0.3, -0.25) is 14.4 Å². The predicted octanol–water partition coefficient (Wildman–Crippen LogP) is 0.850. The summed E-state index contributed by atoms with van der Waals surface area (Å²) >= 11 is 0. The van der Waals surface area contributed by atoms with E-state index in [-0.39, 0.29) is 36.7 Å². The first-order chi connectivity index (χ1) is 12.6. The first-order valence-electron chi connectivity index (χ1n) is 9.71. The highest BCUT2D eigenvalue weighted by molar-refractivity contribution is 5.88. The number of carbonyl (C=O) groups is 3. The first-order valence-corrected chi connectivity index (χ1v) is 9.71. The van der Waals surface area contributed by atoms with E-state index in [2.05, 4.69) is 10.6 Å². The zero-order chi connectivity index (χ0) is 18.8. The van der Waals surface area contributed by atoms with E-state index in [4.69, 9.17) is 4.74 Å². The van der Waals surface area contributed by atoms with Gasteiger partial charge in [-0.25, -0.2) is 0 Å². The van der Waals surface area contributed by atoms with Crippen molar-refractivity contribution in [2.45, 2.75) is 39.0 Å². The number of likely N-dealkylation sites (tertiary alicyclic amines) is 1. The fraction of sp³-hybridized carbons (Fsp3) is 0.737. The van der Waals surface area contributed by atoms with Crippen LogP contribution in [0.1, 0.15) is 39.0 Å². The average Bonchev–Trinajstić information content (AvgIpc) is 2.67. The minimum atomic E-state index is -0.309. The van der Waals surface area contributed by atoms with E-state index < -0.39 is 0 Å². The van der Waals surface area contributed by atoms with Gasteiger partial charge < -0.3 is 20.3 Å². The Morgan fingerprint density at radius 2 is 2.00 bits per heavy atom. The molecule has 2 heterocycles. The van der Waals surface area contributed by atoms with Crippen LogP contribution in [-0.4, -0.2) is 62.0 Å². The number of allylic oxidation sites excluding steroid dienone is 1. The van der Waals surface area contributed by atoms with Crippen molar-refractivity contribution in [2.75, 3.05) is 39.3 Å². The zero-order valence-electron chi connectivity index (χ0n) is 15.7. The summed E-state index contributed by atoms with van der Waals surface area (Å²) in [4.78, 5) is 37.8. The molecule has 7 heteroatoms. The number of nitrogens with zero attached hydrogens (tertiary/aromatic N) is 1. The van der Waals surface area contributed by atoms with Crippen molar-refractivity contribution in [3.8, 4) is 0 Å². The van der Waals surface area contributed by atoms with E-state index >= 15 is 0 Å². The third kappa shape index (κ3) is 6.78. The SMILES string of the molecule is CCOC(=O)CCNC(=O)[C@@H]1CCCN(C(=O)/C=C/C2CCNCC2)C1.